The van der Waals surface area contributed by atoms with Crippen LogP contribution >= 0.6 is 0 Å². The molecule has 0 aromatic heterocycles. The Labute approximate surface area is 43.7 Å². The Morgan fingerprint density at radius 1 is 1.57 bits per heavy atom. The van der Waals surface area contributed by atoms with Crippen molar-refractivity contribution in [1.82, 2.24) is 5.32 Å². The van der Waals surface area contributed by atoms with Gasteiger partial charge < -0.3 is 5.32 Å². The van der Waals surface area contributed by atoms with Gasteiger partial charge in [0.1, 0.15) is 0 Å². The van der Waals surface area contributed by atoms with Crippen molar-refractivity contribution in [2.24, 2.45) is 0 Å². The molecule has 0 saturated carbocycles. The fraction of sp³-hybridized carbons (Fsp3) is 0.333. The SMILES string of the molecule is [C]1=CC=CCNC1. The lowest BCUT2D eigenvalue weighted by Crippen LogP contribution is -2.11. The van der Waals surface area contributed by atoms with Gasteiger partial charge in [-0.25, -0.2) is 0 Å². The molecular weight excluding hydrogens is 86.1 g/mol. The standard InChI is InChI=1S/C6H8N/c1-2-4-6-7-5-3-1/h1-3,7H,5-6H2. The predicted octanol–water partition coefficient (Wildman–Crippen LogP) is 0.505. The average Bonchev–Trinajstić information content (AvgIpc) is 1.90. The molecule has 7 heavy (non-hydrogen) atoms. The molecular formula is C6H8N. The molecule has 0 unspecified atom stereocenters. The molecule has 0 aromatic carbocycles. The summed E-state index contributed by atoms with van der Waals surface area (Å²) in [5.74, 6) is 0. The van der Waals surface area contributed by atoms with Crippen LogP contribution in [-0.2, 0) is 0 Å². The maximum atomic E-state index is 3.12. The summed E-state index contributed by atoms with van der Waals surface area (Å²) in [6, 6.07) is 0. The number of allylic oxidation sites excluding steroid dienone is 2. The molecule has 0 aliphatic carbocycles. The summed E-state index contributed by atoms with van der Waals surface area (Å²) in [6.07, 6.45) is 9.02. The van der Waals surface area contributed by atoms with E-state index in [4.69, 9.17) is 0 Å². The van der Waals surface area contributed by atoms with E-state index in [1.165, 1.54) is 0 Å². The van der Waals surface area contributed by atoms with E-state index < -0.39 is 0 Å². The van der Waals surface area contributed by atoms with Gasteiger partial charge in [0, 0.05) is 13.1 Å². The Balaban J connectivity index is 2.39. The lowest BCUT2D eigenvalue weighted by Gasteiger charge is -1.87. The third kappa shape index (κ3) is 1.55. The Kier molecular flexibility index (Phi) is 1.70. The summed E-state index contributed by atoms with van der Waals surface area (Å²) in [6.45, 7) is 1.86. The number of rotatable bonds is 0. The van der Waals surface area contributed by atoms with Crippen LogP contribution in [0.5, 0.6) is 0 Å². The van der Waals surface area contributed by atoms with Crippen LogP contribution in [0.25, 0.3) is 0 Å². The van der Waals surface area contributed by atoms with E-state index in [1.807, 2.05) is 12.2 Å². The van der Waals surface area contributed by atoms with E-state index in [2.05, 4.69) is 17.5 Å². The molecule has 1 N–H and O–H groups in total. The quantitative estimate of drug-likeness (QED) is 0.461. The largest absolute Gasteiger partial charge is 0.309 e. The van der Waals surface area contributed by atoms with Gasteiger partial charge >= 0.3 is 0 Å². The van der Waals surface area contributed by atoms with Crippen LogP contribution in [-0.4, -0.2) is 13.1 Å². The smallest absolute Gasteiger partial charge is 0.0211 e. The van der Waals surface area contributed by atoms with Gasteiger partial charge in [-0.1, -0.05) is 18.2 Å². The summed E-state index contributed by atoms with van der Waals surface area (Å²) in [4.78, 5) is 0. The maximum Gasteiger partial charge on any atom is 0.0211 e. The number of hydrogen-bond acceptors (Lipinski definition) is 1. The first kappa shape index (κ1) is 4.60. The van der Waals surface area contributed by atoms with Crippen LogP contribution < -0.4 is 5.32 Å². The van der Waals surface area contributed by atoms with Crippen LogP contribution in [0.15, 0.2) is 18.2 Å². The van der Waals surface area contributed by atoms with Gasteiger partial charge in [0.05, 0.1) is 0 Å². The zero-order valence-corrected chi connectivity index (χ0v) is 4.15. The maximum absolute atomic E-state index is 3.12. The van der Waals surface area contributed by atoms with Crippen molar-refractivity contribution in [2.45, 2.75) is 0 Å². The van der Waals surface area contributed by atoms with Gasteiger partial charge in [-0.2, -0.15) is 0 Å². The van der Waals surface area contributed by atoms with E-state index in [0.29, 0.717) is 0 Å². The molecule has 1 radical (unpaired) electrons. The zero-order chi connectivity index (χ0) is 4.95. The number of nitrogens with one attached hydrogen (secondary N) is 1. The van der Waals surface area contributed by atoms with Crippen LogP contribution in [0.4, 0.5) is 0 Å². The fourth-order valence-electron chi connectivity index (χ4n) is 0.491. The highest BCUT2D eigenvalue weighted by Gasteiger charge is 1.79. The van der Waals surface area contributed by atoms with Crippen LogP contribution in [0.1, 0.15) is 0 Å². The molecule has 0 spiro atoms. The molecule has 1 aliphatic rings. The molecule has 0 bridgehead atoms. The topological polar surface area (TPSA) is 12.0 Å². The minimum atomic E-state index is 0.882. The molecule has 1 heteroatoms. The van der Waals surface area contributed by atoms with Crippen LogP contribution in [0, 0.1) is 6.08 Å². The highest BCUT2D eigenvalue weighted by molar-refractivity contribution is 5.02. The van der Waals surface area contributed by atoms with Gasteiger partial charge in [0.15, 0.2) is 0 Å². The Morgan fingerprint density at radius 2 is 2.57 bits per heavy atom. The fourth-order valence-corrected chi connectivity index (χ4v) is 0.491. The summed E-state index contributed by atoms with van der Waals surface area (Å²) in [7, 11) is 0. The van der Waals surface area contributed by atoms with Gasteiger partial charge in [-0.05, 0) is 6.08 Å². The Morgan fingerprint density at radius 3 is 3.57 bits per heavy atom. The van der Waals surface area contributed by atoms with Gasteiger partial charge in [0.2, 0.25) is 0 Å². The summed E-state index contributed by atoms with van der Waals surface area (Å²) in [5.41, 5.74) is 0. The molecule has 1 aliphatic heterocycles. The molecule has 0 atom stereocenters. The van der Waals surface area contributed by atoms with E-state index >= 15 is 0 Å². The van der Waals surface area contributed by atoms with E-state index in [1.54, 1.807) is 0 Å². The third-order valence-electron chi connectivity index (χ3n) is 0.839. The van der Waals surface area contributed by atoms with Gasteiger partial charge in [-0.3, -0.25) is 0 Å². The lowest BCUT2D eigenvalue weighted by molar-refractivity contribution is 0.838. The lowest BCUT2D eigenvalue weighted by atomic mass is 10.5. The first-order valence-electron chi connectivity index (χ1n) is 2.42. The van der Waals surface area contributed by atoms with E-state index in [9.17, 15) is 0 Å². The van der Waals surface area contributed by atoms with Crippen molar-refractivity contribution in [3.05, 3.63) is 24.3 Å². The van der Waals surface area contributed by atoms with E-state index in [0.717, 1.165) is 13.1 Å². The Bertz CT molecular complexity index is 80.4. The monoisotopic (exact) mass is 94.1 g/mol. The van der Waals surface area contributed by atoms with Crippen molar-refractivity contribution in [3.8, 4) is 0 Å². The summed E-state index contributed by atoms with van der Waals surface area (Å²) < 4.78 is 0. The highest BCUT2D eigenvalue weighted by atomic mass is 14.8. The van der Waals surface area contributed by atoms with Crippen LogP contribution in [0.3, 0.4) is 0 Å². The molecule has 37 valence electrons. The zero-order valence-electron chi connectivity index (χ0n) is 4.15. The first-order valence-corrected chi connectivity index (χ1v) is 2.42. The Hall–Kier alpha value is -0.560. The molecule has 0 saturated heterocycles. The van der Waals surface area contributed by atoms with Crippen molar-refractivity contribution < 1.29 is 0 Å². The summed E-state index contributed by atoms with van der Waals surface area (Å²) >= 11 is 0. The molecule has 1 rings (SSSR count). The molecule has 1 heterocycles. The minimum Gasteiger partial charge on any atom is -0.309 e. The van der Waals surface area contributed by atoms with Crippen molar-refractivity contribution in [2.75, 3.05) is 13.1 Å². The third-order valence-corrected chi connectivity index (χ3v) is 0.839. The summed E-state index contributed by atoms with van der Waals surface area (Å²) in [5, 5.41) is 3.12. The van der Waals surface area contributed by atoms with Crippen LogP contribution in [0.2, 0.25) is 0 Å². The second kappa shape index (κ2) is 2.59. The predicted molar refractivity (Wildman–Crippen MR) is 29.8 cm³/mol. The molecule has 1 nitrogen and oxygen atoms in total. The minimum absolute atomic E-state index is 0.882. The second-order valence-corrected chi connectivity index (χ2v) is 1.43. The van der Waals surface area contributed by atoms with Gasteiger partial charge in [0.25, 0.3) is 0 Å². The van der Waals surface area contributed by atoms with Crippen molar-refractivity contribution in [1.29, 1.82) is 0 Å². The molecule has 0 amide bonds. The average molecular weight is 94.1 g/mol. The first-order chi connectivity index (χ1) is 3.50. The molecule has 0 aromatic rings. The van der Waals surface area contributed by atoms with Crippen molar-refractivity contribution in [3.63, 3.8) is 0 Å². The van der Waals surface area contributed by atoms with Crippen molar-refractivity contribution >= 4 is 0 Å². The second-order valence-electron chi connectivity index (χ2n) is 1.43. The van der Waals surface area contributed by atoms with E-state index in [-0.39, 0.29) is 0 Å². The normalized spacial score (nSPS) is 19.4. The number of hydrogen-bond donors (Lipinski definition) is 1. The van der Waals surface area contributed by atoms with Gasteiger partial charge in [-0.15, -0.1) is 0 Å². The molecule has 0 fully saturated rings. The highest BCUT2D eigenvalue weighted by Crippen LogP contribution is 1.78.